The van der Waals surface area contributed by atoms with Crippen LogP contribution in [0.3, 0.4) is 0 Å². The Kier molecular flexibility index (Phi) is 6.07. The Morgan fingerprint density at radius 3 is 2.50 bits per heavy atom. The summed E-state index contributed by atoms with van der Waals surface area (Å²) in [6, 6.07) is 3.42. The summed E-state index contributed by atoms with van der Waals surface area (Å²) in [4.78, 5) is 15.7. The topological polar surface area (TPSA) is 74.4 Å². The molecule has 3 heterocycles. The van der Waals surface area contributed by atoms with Crippen LogP contribution in [-0.2, 0) is 4.79 Å². The Morgan fingerprint density at radius 2 is 1.80 bits per heavy atom. The fraction of sp³-hybridized carbons (Fsp3) is 0.625. The van der Waals surface area contributed by atoms with Gasteiger partial charge in [-0.25, -0.2) is 0 Å². The maximum Gasteiger partial charge on any atom is 0.246 e. The molecular formula is C24H35N2O4+. The summed E-state index contributed by atoms with van der Waals surface area (Å²) in [7, 11) is 0. The molecule has 0 bridgehead atoms. The highest BCUT2D eigenvalue weighted by atomic mass is 16.5. The molecule has 0 spiro atoms. The third-order valence-electron chi connectivity index (χ3n) is 6.93. The average Bonchev–Trinajstić information content (AvgIpc) is 2.75. The van der Waals surface area contributed by atoms with Crippen LogP contribution in [-0.4, -0.2) is 58.9 Å². The van der Waals surface area contributed by atoms with Gasteiger partial charge >= 0.3 is 0 Å². The number of ether oxygens (including phenoxy) is 1. The van der Waals surface area contributed by atoms with Gasteiger partial charge in [-0.05, 0) is 70.6 Å². The predicted octanol–water partition coefficient (Wildman–Crippen LogP) is 2.06. The van der Waals surface area contributed by atoms with Crippen LogP contribution in [0.2, 0.25) is 0 Å². The van der Waals surface area contributed by atoms with E-state index in [1.165, 1.54) is 17.7 Å². The molecule has 6 nitrogen and oxygen atoms in total. The summed E-state index contributed by atoms with van der Waals surface area (Å²) in [6.45, 7) is 7.36. The number of benzene rings is 1. The van der Waals surface area contributed by atoms with Crippen molar-refractivity contribution in [3.63, 3.8) is 0 Å². The zero-order chi connectivity index (χ0) is 21.3. The molecular weight excluding hydrogens is 380 g/mol. The molecule has 3 aliphatic heterocycles. The second-order valence-corrected chi connectivity index (χ2v) is 9.48. The predicted molar refractivity (Wildman–Crippen MR) is 116 cm³/mol. The molecule has 2 saturated heterocycles. The lowest BCUT2D eigenvalue weighted by atomic mass is 9.83. The number of rotatable bonds is 3. The number of amides is 1. The molecule has 0 unspecified atom stereocenters. The van der Waals surface area contributed by atoms with Crippen molar-refractivity contribution in [3.05, 3.63) is 29.3 Å². The number of fused-ring (bicyclic) bond motifs is 1. The van der Waals surface area contributed by atoms with Crippen molar-refractivity contribution in [3.8, 4) is 11.5 Å². The first-order chi connectivity index (χ1) is 14.4. The van der Waals surface area contributed by atoms with Gasteiger partial charge in [0.05, 0.1) is 18.7 Å². The van der Waals surface area contributed by atoms with E-state index in [2.05, 4.69) is 0 Å². The van der Waals surface area contributed by atoms with E-state index in [4.69, 9.17) is 4.74 Å². The molecule has 3 aliphatic rings. The van der Waals surface area contributed by atoms with E-state index in [1.54, 1.807) is 18.2 Å². The van der Waals surface area contributed by atoms with Gasteiger partial charge in [0.2, 0.25) is 5.91 Å². The first kappa shape index (κ1) is 21.2. The molecule has 4 rings (SSSR count). The van der Waals surface area contributed by atoms with Gasteiger partial charge in [0.15, 0.2) is 6.04 Å². The number of carbonyl (C=O) groups excluding carboxylic acids is 1. The first-order valence-corrected chi connectivity index (χ1v) is 11.4. The largest absolute Gasteiger partial charge is 0.507 e. The van der Waals surface area contributed by atoms with Gasteiger partial charge in [0, 0.05) is 24.7 Å². The molecule has 1 aromatic rings. The van der Waals surface area contributed by atoms with E-state index >= 15 is 0 Å². The van der Waals surface area contributed by atoms with E-state index < -0.39 is 11.7 Å². The minimum atomic E-state index is -0.726. The maximum atomic E-state index is 12.5. The molecule has 3 N–H and O–H groups in total. The Hall–Kier alpha value is -2.05. The van der Waals surface area contributed by atoms with Crippen molar-refractivity contribution in [1.29, 1.82) is 0 Å². The van der Waals surface area contributed by atoms with Crippen LogP contribution in [0.15, 0.2) is 18.2 Å². The molecule has 164 valence electrons. The number of phenols is 1. The number of aromatic hydroxyl groups is 1. The Bertz CT molecular complexity index is 808. The second-order valence-electron chi connectivity index (χ2n) is 9.48. The number of piperidine rings is 2. The quantitative estimate of drug-likeness (QED) is 0.661. The van der Waals surface area contributed by atoms with Crippen LogP contribution in [0, 0.1) is 0 Å². The van der Waals surface area contributed by atoms with E-state index in [9.17, 15) is 15.0 Å². The van der Waals surface area contributed by atoms with E-state index in [-0.39, 0.29) is 17.7 Å². The van der Waals surface area contributed by atoms with Crippen molar-refractivity contribution < 1.29 is 24.6 Å². The summed E-state index contributed by atoms with van der Waals surface area (Å²) >= 11 is 0. The third-order valence-corrected chi connectivity index (χ3v) is 6.93. The Labute approximate surface area is 179 Å². The molecule has 2 atom stereocenters. The van der Waals surface area contributed by atoms with E-state index in [0.29, 0.717) is 16.9 Å². The molecule has 2 fully saturated rings. The molecule has 30 heavy (non-hydrogen) atoms. The summed E-state index contributed by atoms with van der Waals surface area (Å²) in [5.74, 6) is 0.737. The fourth-order valence-electron chi connectivity index (χ4n) is 5.16. The number of hydrogen-bond acceptors (Lipinski definition) is 4. The summed E-state index contributed by atoms with van der Waals surface area (Å²) in [5.41, 5.74) is 0.540. The van der Waals surface area contributed by atoms with Crippen LogP contribution in [0.1, 0.15) is 69.5 Å². The van der Waals surface area contributed by atoms with Gasteiger partial charge in [-0.3, -0.25) is 4.79 Å². The van der Waals surface area contributed by atoms with Crippen molar-refractivity contribution in [2.75, 3.05) is 26.2 Å². The average molecular weight is 416 g/mol. The summed E-state index contributed by atoms with van der Waals surface area (Å²) in [6.07, 6.45) is 9.27. The molecule has 6 heteroatoms. The lowest BCUT2D eigenvalue weighted by Crippen LogP contribution is -3.14. The zero-order valence-corrected chi connectivity index (χ0v) is 18.2. The van der Waals surface area contributed by atoms with E-state index in [1.807, 2.05) is 24.8 Å². The number of aliphatic hydroxyl groups is 1. The minimum Gasteiger partial charge on any atom is -0.507 e. The number of aliphatic hydroxyl groups excluding tert-OH is 1. The fourth-order valence-corrected chi connectivity index (χ4v) is 5.16. The number of nitrogens with zero attached hydrogens (tertiary/aromatic N) is 1. The van der Waals surface area contributed by atoms with E-state index in [0.717, 1.165) is 51.9 Å². The number of carbonyl (C=O) groups is 1. The monoisotopic (exact) mass is 415 g/mol. The van der Waals surface area contributed by atoms with Crippen molar-refractivity contribution >= 4 is 12.0 Å². The smallest absolute Gasteiger partial charge is 0.246 e. The number of nitrogens with one attached hydrogen (secondary N) is 1. The van der Waals surface area contributed by atoms with Crippen molar-refractivity contribution in [2.45, 2.75) is 70.1 Å². The Morgan fingerprint density at radius 1 is 1.13 bits per heavy atom. The van der Waals surface area contributed by atoms with Gasteiger partial charge in [0.25, 0.3) is 0 Å². The highest BCUT2D eigenvalue weighted by molar-refractivity contribution is 5.92. The molecule has 0 radical (unpaired) electrons. The number of hydrogen-bond donors (Lipinski definition) is 3. The second kappa shape index (κ2) is 8.60. The lowest BCUT2D eigenvalue weighted by Gasteiger charge is -2.45. The molecule has 1 amide bonds. The van der Waals surface area contributed by atoms with Gasteiger partial charge < -0.3 is 24.7 Å². The standard InChI is InChI=1S/C24H34N2O4/c1-24(2)23(29)21(26-15-7-4-8-16-26)20-18(30-24)11-9-17(22(20)28)10-12-19(27)25-13-5-3-6-14-25/h9-12,21,23,28-29H,3-8,13-16H2,1-2H3/p+1/b12-10+/t21-,23+/m1/s1. The van der Waals surface area contributed by atoms with Gasteiger partial charge in [-0.15, -0.1) is 0 Å². The third kappa shape index (κ3) is 4.08. The first-order valence-electron chi connectivity index (χ1n) is 11.4. The summed E-state index contributed by atoms with van der Waals surface area (Å²) in [5, 5.41) is 22.3. The number of quaternary nitrogens is 1. The number of likely N-dealkylation sites (tertiary alicyclic amines) is 2. The summed E-state index contributed by atoms with van der Waals surface area (Å²) < 4.78 is 6.09. The molecule has 0 aliphatic carbocycles. The van der Waals surface area contributed by atoms with Crippen LogP contribution in [0.5, 0.6) is 11.5 Å². The normalized spacial score (nSPS) is 27.0. The SMILES string of the molecule is CC1(C)Oc2ccc(/C=C/C(=O)N3CCCCC3)c(O)c2[C@@H]([NH+]2CCCCC2)[C@@H]1O. The highest BCUT2D eigenvalue weighted by Crippen LogP contribution is 2.44. The van der Waals surface area contributed by atoms with Crippen LogP contribution in [0.4, 0.5) is 0 Å². The molecule has 0 aromatic heterocycles. The van der Waals surface area contributed by atoms with Gasteiger partial charge in [0.1, 0.15) is 23.2 Å². The van der Waals surface area contributed by atoms with Crippen LogP contribution in [0.25, 0.3) is 6.08 Å². The van der Waals surface area contributed by atoms with Gasteiger partial charge in [-0.2, -0.15) is 0 Å². The highest BCUT2D eigenvalue weighted by Gasteiger charge is 2.49. The van der Waals surface area contributed by atoms with Crippen LogP contribution >= 0.6 is 0 Å². The van der Waals surface area contributed by atoms with Crippen molar-refractivity contribution in [1.82, 2.24) is 4.90 Å². The lowest BCUT2D eigenvalue weighted by molar-refractivity contribution is -0.941. The van der Waals surface area contributed by atoms with Crippen molar-refractivity contribution in [2.24, 2.45) is 0 Å². The van der Waals surface area contributed by atoms with Gasteiger partial charge in [-0.1, -0.05) is 0 Å². The minimum absolute atomic E-state index is 0.0116. The Balaban J connectivity index is 1.65. The number of phenolic OH excluding ortho intramolecular Hbond substituents is 1. The molecule has 0 saturated carbocycles. The maximum absolute atomic E-state index is 12.5. The zero-order valence-electron chi connectivity index (χ0n) is 18.2. The molecule has 1 aromatic carbocycles. The van der Waals surface area contributed by atoms with Crippen LogP contribution < -0.4 is 9.64 Å².